The minimum Gasteiger partial charge on any atom is -0.394 e. The summed E-state index contributed by atoms with van der Waals surface area (Å²) >= 11 is 0. The van der Waals surface area contributed by atoms with Gasteiger partial charge >= 0.3 is 0 Å². The van der Waals surface area contributed by atoms with Crippen molar-refractivity contribution in [2.75, 3.05) is 19.8 Å². The van der Waals surface area contributed by atoms with Gasteiger partial charge in [0.2, 0.25) is 0 Å². The van der Waals surface area contributed by atoms with E-state index in [4.69, 9.17) is 28.4 Å². The Hall–Kier alpha value is -0.600. The highest BCUT2D eigenvalue weighted by molar-refractivity contribution is 5.03. The van der Waals surface area contributed by atoms with Crippen LogP contribution >= 0.6 is 0 Å². The number of hydrogen-bond donors (Lipinski definition) is 9. The largest absolute Gasteiger partial charge is 0.394 e. The molecule has 0 radical (unpaired) electrons. The summed E-state index contributed by atoms with van der Waals surface area (Å²) < 4.78 is 32.9. The predicted octanol–water partition coefficient (Wildman–Crippen LogP) is -6.53. The van der Waals surface area contributed by atoms with E-state index in [2.05, 4.69) is 0 Å². The summed E-state index contributed by atoms with van der Waals surface area (Å²) in [6, 6.07) is 0. The van der Waals surface area contributed by atoms with Crippen LogP contribution in [0.5, 0.6) is 0 Å². The van der Waals surface area contributed by atoms with Crippen LogP contribution < -0.4 is 0 Å². The predicted molar refractivity (Wildman–Crippen MR) is 97.9 cm³/mol. The molecule has 15 atom stereocenters. The Bertz CT molecular complexity index is 650. The third-order valence-electron chi connectivity index (χ3n) is 6.28. The van der Waals surface area contributed by atoms with Crippen molar-refractivity contribution in [1.82, 2.24) is 0 Å². The molecule has 0 aliphatic carbocycles. The Labute approximate surface area is 187 Å². The molecule has 4 aliphatic rings. The van der Waals surface area contributed by atoms with Crippen LogP contribution in [-0.4, -0.2) is 158 Å². The van der Waals surface area contributed by atoms with Crippen molar-refractivity contribution in [2.45, 2.75) is 92.1 Å². The molecule has 0 aromatic carbocycles. The highest BCUT2D eigenvalue weighted by atomic mass is 16.8. The van der Waals surface area contributed by atoms with E-state index in [1.165, 1.54) is 0 Å². The molecule has 192 valence electrons. The number of ether oxygens (including phenoxy) is 6. The second-order valence-electron chi connectivity index (χ2n) is 8.42. The summed E-state index contributed by atoms with van der Waals surface area (Å²) in [7, 11) is 0. The lowest BCUT2D eigenvalue weighted by Gasteiger charge is -2.44. The first kappa shape index (κ1) is 25.5. The Morgan fingerprint density at radius 3 is 1.70 bits per heavy atom. The van der Waals surface area contributed by atoms with Crippen LogP contribution in [0.3, 0.4) is 0 Å². The van der Waals surface area contributed by atoms with Crippen LogP contribution in [0.25, 0.3) is 0 Å². The highest BCUT2D eigenvalue weighted by Gasteiger charge is 2.61. The third kappa shape index (κ3) is 4.77. The van der Waals surface area contributed by atoms with Crippen LogP contribution in [0.4, 0.5) is 0 Å². The van der Waals surface area contributed by atoms with Gasteiger partial charge in [0.1, 0.15) is 73.2 Å². The van der Waals surface area contributed by atoms with Crippen LogP contribution in [0.1, 0.15) is 0 Å². The van der Waals surface area contributed by atoms with Crippen LogP contribution in [0, 0.1) is 0 Å². The number of epoxide rings is 1. The molecule has 0 spiro atoms. The van der Waals surface area contributed by atoms with Gasteiger partial charge in [-0.3, -0.25) is 0 Å². The fourth-order valence-corrected chi connectivity index (χ4v) is 4.30. The maximum atomic E-state index is 10.2. The Balaban J connectivity index is 1.42. The first-order valence-electron chi connectivity index (χ1n) is 10.6. The number of rotatable bonds is 7. The van der Waals surface area contributed by atoms with Crippen molar-refractivity contribution in [2.24, 2.45) is 0 Å². The fourth-order valence-electron chi connectivity index (χ4n) is 4.30. The topological polar surface area (TPSA) is 241 Å². The van der Waals surface area contributed by atoms with Crippen LogP contribution in [0.15, 0.2) is 0 Å². The van der Waals surface area contributed by atoms with Crippen molar-refractivity contribution < 1.29 is 74.4 Å². The minimum atomic E-state index is -1.73. The molecule has 4 saturated heterocycles. The monoisotopic (exact) mass is 486 g/mol. The Morgan fingerprint density at radius 2 is 1.06 bits per heavy atom. The Kier molecular flexibility index (Phi) is 7.86. The van der Waals surface area contributed by atoms with Crippen molar-refractivity contribution in [3.8, 4) is 0 Å². The number of aliphatic hydroxyl groups is 9. The van der Waals surface area contributed by atoms with Gasteiger partial charge in [0.05, 0.1) is 19.8 Å². The van der Waals surface area contributed by atoms with E-state index < -0.39 is 112 Å². The zero-order valence-electron chi connectivity index (χ0n) is 17.3. The van der Waals surface area contributed by atoms with Gasteiger partial charge in [-0.25, -0.2) is 0 Å². The maximum Gasteiger partial charge on any atom is 0.187 e. The molecule has 0 amide bonds. The molecule has 15 heteroatoms. The molecule has 0 bridgehead atoms. The zero-order valence-corrected chi connectivity index (χ0v) is 17.3. The van der Waals surface area contributed by atoms with E-state index in [1.54, 1.807) is 0 Å². The number of aliphatic hydroxyl groups excluding tert-OH is 9. The summed E-state index contributed by atoms with van der Waals surface area (Å²) in [5.41, 5.74) is 0. The van der Waals surface area contributed by atoms with Crippen LogP contribution in [0.2, 0.25) is 0 Å². The van der Waals surface area contributed by atoms with E-state index in [1.807, 2.05) is 0 Å². The SMILES string of the molecule is OC[C@H]1O[C@H](O[C@H]2[C@H]3O[C@H]3[C@@H](O[C@H]3[C@H](O)[C@@H](O)C(O)O[C@@H]3CO)O[C@@H]2CO)[C@H](O)[C@@H](O)[C@@H]1O. The first-order valence-corrected chi connectivity index (χ1v) is 10.6. The summed E-state index contributed by atoms with van der Waals surface area (Å²) in [5.74, 6) is 0. The summed E-state index contributed by atoms with van der Waals surface area (Å²) in [5, 5.41) is 88.3. The second-order valence-corrected chi connectivity index (χ2v) is 8.42. The van der Waals surface area contributed by atoms with Crippen LogP contribution in [-0.2, 0) is 28.4 Å². The lowest BCUT2D eigenvalue weighted by molar-refractivity contribution is -0.344. The first-order chi connectivity index (χ1) is 15.7. The third-order valence-corrected chi connectivity index (χ3v) is 6.28. The standard InChI is InChI=1S/C18H30O15/c19-1-4-7(22)8(23)11(26)17(29-4)33-13-6(3-21)30-18(15-14(13)31-15)32-12-5(2-20)28-16(27)10(25)9(12)24/h4-27H,1-3H2/t4-,5-,6-,7-,8+,9-,10-,11-,12-,13-,14-,15-,16?,17-,18-/m1/s1. The normalized spacial score (nSPS) is 54.6. The quantitative estimate of drug-likeness (QED) is 0.152. The lowest BCUT2D eigenvalue weighted by Crippen LogP contribution is -2.62. The summed E-state index contributed by atoms with van der Waals surface area (Å²) in [4.78, 5) is 0. The van der Waals surface area contributed by atoms with Crippen molar-refractivity contribution >= 4 is 0 Å². The lowest BCUT2D eigenvalue weighted by atomic mass is 9.98. The molecule has 1 unspecified atom stereocenters. The molecule has 0 aromatic rings. The molecule has 4 fully saturated rings. The number of fused-ring (bicyclic) bond motifs is 1. The average molecular weight is 486 g/mol. The van der Waals surface area contributed by atoms with Crippen molar-refractivity contribution in [1.29, 1.82) is 0 Å². The molecule has 33 heavy (non-hydrogen) atoms. The van der Waals surface area contributed by atoms with Crippen molar-refractivity contribution in [3.05, 3.63) is 0 Å². The van der Waals surface area contributed by atoms with Gasteiger partial charge in [-0.2, -0.15) is 0 Å². The van der Waals surface area contributed by atoms with Gasteiger partial charge in [-0.1, -0.05) is 0 Å². The van der Waals surface area contributed by atoms with E-state index in [0.717, 1.165) is 0 Å². The van der Waals surface area contributed by atoms with E-state index in [-0.39, 0.29) is 0 Å². The van der Waals surface area contributed by atoms with E-state index >= 15 is 0 Å². The van der Waals surface area contributed by atoms with Gasteiger partial charge in [0.25, 0.3) is 0 Å². The Morgan fingerprint density at radius 1 is 0.485 bits per heavy atom. The molecule has 0 aromatic heterocycles. The van der Waals surface area contributed by atoms with Gasteiger partial charge < -0.3 is 74.4 Å². The highest BCUT2D eigenvalue weighted by Crippen LogP contribution is 2.42. The average Bonchev–Trinajstić information content (AvgIpc) is 3.61. The molecule has 9 N–H and O–H groups in total. The van der Waals surface area contributed by atoms with Gasteiger partial charge in [-0.15, -0.1) is 0 Å². The molecular formula is C18H30O15. The van der Waals surface area contributed by atoms with Crippen molar-refractivity contribution in [3.63, 3.8) is 0 Å². The van der Waals surface area contributed by atoms with E-state index in [9.17, 15) is 46.0 Å². The fraction of sp³-hybridized carbons (Fsp3) is 1.00. The maximum absolute atomic E-state index is 10.2. The second kappa shape index (κ2) is 10.2. The molecule has 4 rings (SSSR count). The minimum absolute atomic E-state index is 0.594. The molecule has 15 nitrogen and oxygen atoms in total. The van der Waals surface area contributed by atoms with Gasteiger partial charge in [-0.05, 0) is 0 Å². The number of hydrogen-bond acceptors (Lipinski definition) is 15. The molecule has 4 aliphatic heterocycles. The van der Waals surface area contributed by atoms with E-state index in [0.29, 0.717) is 0 Å². The molecule has 4 heterocycles. The summed E-state index contributed by atoms with van der Waals surface area (Å²) in [6.07, 6.45) is -19.9. The zero-order chi connectivity index (χ0) is 24.0. The molecule has 0 saturated carbocycles. The smallest absolute Gasteiger partial charge is 0.187 e. The van der Waals surface area contributed by atoms with Gasteiger partial charge in [0, 0.05) is 0 Å². The molecular weight excluding hydrogens is 456 g/mol. The summed E-state index contributed by atoms with van der Waals surface area (Å²) in [6.45, 7) is -1.88. The van der Waals surface area contributed by atoms with Gasteiger partial charge in [0.15, 0.2) is 18.9 Å².